The Bertz CT molecular complexity index is 788. The molecule has 2 aromatic rings. The Morgan fingerprint density at radius 2 is 2.00 bits per heavy atom. The van der Waals surface area contributed by atoms with E-state index in [-0.39, 0.29) is 12.2 Å². The summed E-state index contributed by atoms with van der Waals surface area (Å²) in [4.78, 5) is 27.2. The highest BCUT2D eigenvalue weighted by Crippen LogP contribution is 2.43. The topological polar surface area (TPSA) is 70.8 Å². The van der Waals surface area contributed by atoms with Gasteiger partial charge in [0.2, 0.25) is 0 Å². The molecule has 126 valence electrons. The van der Waals surface area contributed by atoms with Gasteiger partial charge >= 0.3 is 0 Å². The van der Waals surface area contributed by atoms with E-state index in [1.165, 1.54) is 6.26 Å². The van der Waals surface area contributed by atoms with Crippen LogP contribution in [0.1, 0.15) is 47.0 Å². The third-order valence-corrected chi connectivity index (χ3v) is 4.54. The van der Waals surface area contributed by atoms with Gasteiger partial charge < -0.3 is 14.4 Å². The molecule has 1 aromatic heterocycles. The van der Waals surface area contributed by atoms with Gasteiger partial charge in [-0.25, -0.2) is 0 Å². The van der Waals surface area contributed by atoms with E-state index in [9.17, 15) is 14.7 Å². The molecule has 0 bridgehead atoms. The van der Waals surface area contributed by atoms with Crippen molar-refractivity contribution >= 4 is 17.4 Å². The number of fused-ring (bicyclic) bond motifs is 1. The summed E-state index contributed by atoms with van der Waals surface area (Å²) >= 11 is 0. The Hall–Kier alpha value is -2.40. The number of carbonyl (C=O) groups excluding carboxylic acids is 2. The smallest absolute Gasteiger partial charge is 0.264 e. The number of ketones is 1. The third kappa shape index (κ3) is 2.36. The molecular formula is C19H21NO4. The van der Waals surface area contributed by atoms with Crippen LogP contribution in [0.15, 0.2) is 34.9 Å². The number of hydrogen-bond donors (Lipinski definition) is 1. The van der Waals surface area contributed by atoms with Crippen molar-refractivity contribution < 1.29 is 19.1 Å². The monoisotopic (exact) mass is 327 g/mol. The number of carbonyl (C=O) groups is 2. The van der Waals surface area contributed by atoms with Crippen LogP contribution in [0.4, 0.5) is 5.69 Å². The van der Waals surface area contributed by atoms with Gasteiger partial charge in [0.25, 0.3) is 5.91 Å². The number of para-hydroxylation sites is 1. The number of nitrogens with zero attached hydrogens (tertiary/aromatic N) is 1. The average molecular weight is 327 g/mol. The van der Waals surface area contributed by atoms with Crippen molar-refractivity contribution in [2.75, 3.05) is 11.4 Å². The van der Waals surface area contributed by atoms with Crippen LogP contribution in [0.3, 0.4) is 0 Å². The Kier molecular flexibility index (Phi) is 4.05. The first-order chi connectivity index (χ1) is 11.4. The zero-order chi connectivity index (χ0) is 17.5. The molecule has 0 aliphatic carbocycles. The van der Waals surface area contributed by atoms with Crippen molar-refractivity contribution in [3.05, 3.63) is 53.0 Å². The molecule has 0 fully saturated rings. The van der Waals surface area contributed by atoms with Crippen molar-refractivity contribution in [3.63, 3.8) is 0 Å². The lowest BCUT2D eigenvalue weighted by Gasteiger charge is -2.22. The van der Waals surface area contributed by atoms with Gasteiger partial charge in [-0.3, -0.25) is 9.59 Å². The van der Waals surface area contributed by atoms with Crippen LogP contribution in [-0.4, -0.2) is 23.3 Å². The summed E-state index contributed by atoms with van der Waals surface area (Å²) in [6.07, 6.45) is 1.99. The molecule has 0 unspecified atom stereocenters. The van der Waals surface area contributed by atoms with Crippen molar-refractivity contribution in [1.29, 1.82) is 0 Å². The Morgan fingerprint density at radius 3 is 2.62 bits per heavy atom. The summed E-state index contributed by atoms with van der Waals surface area (Å²) in [6, 6.07) is 7.11. The Morgan fingerprint density at radius 1 is 1.29 bits per heavy atom. The molecule has 0 saturated heterocycles. The summed E-state index contributed by atoms with van der Waals surface area (Å²) < 4.78 is 5.27. The van der Waals surface area contributed by atoms with Crippen LogP contribution in [0.5, 0.6) is 0 Å². The third-order valence-electron chi connectivity index (χ3n) is 4.54. The van der Waals surface area contributed by atoms with Gasteiger partial charge in [0, 0.05) is 12.1 Å². The lowest BCUT2D eigenvalue weighted by molar-refractivity contribution is -0.135. The average Bonchev–Trinajstić information content (AvgIpc) is 2.99. The number of amides is 1. The molecule has 3 rings (SSSR count). The van der Waals surface area contributed by atoms with E-state index in [0.717, 1.165) is 6.42 Å². The van der Waals surface area contributed by atoms with E-state index in [1.807, 2.05) is 13.0 Å². The largest absolute Gasteiger partial charge is 0.469 e. The first-order valence-electron chi connectivity index (χ1n) is 8.12. The summed E-state index contributed by atoms with van der Waals surface area (Å²) in [7, 11) is 0. The minimum atomic E-state index is -1.82. The first kappa shape index (κ1) is 16.5. The Labute approximate surface area is 140 Å². The zero-order valence-electron chi connectivity index (χ0n) is 14.1. The Balaban J connectivity index is 2.00. The second-order valence-corrected chi connectivity index (χ2v) is 6.28. The van der Waals surface area contributed by atoms with Crippen molar-refractivity contribution in [2.24, 2.45) is 0 Å². The number of rotatable bonds is 5. The van der Waals surface area contributed by atoms with Gasteiger partial charge in [-0.1, -0.05) is 25.1 Å². The van der Waals surface area contributed by atoms with Crippen LogP contribution in [0.25, 0.3) is 0 Å². The number of aliphatic hydroxyl groups is 1. The first-order valence-corrected chi connectivity index (χ1v) is 8.12. The van der Waals surface area contributed by atoms with Gasteiger partial charge in [0.1, 0.15) is 5.76 Å². The molecule has 5 heteroatoms. The lowest BCUT2D eigenvalue weighted by Crippen LogP contribution is -2.42. The van der Waals surface area contributed by atoms with E-state index >= 15 is 0 Å². The van der Waals surface area contributed by atoms with Gasteiger partial charge in [0.15, 0.2) is 11.4 Å². The molecular weight excluding hydrogens is 306 g/mol. The maximum atomic E-state index is 12.8. The molecule has 1 N–H and O–H groups in total. The lowest BCUT2D eigenvalue weighted by atomic mass is 9.87. The van der Waals surface area contributed by atoms with Crippen LogP contribution < -0.4 is 4.90 Å². The molecule has 24 heavy (non-hydrogen) atoms. The molecule has 1 aliphatic rings. The predicted molar refractivity (Wildman–Crippen MR) is 90.1 cm³/mol. The van der Waals surface area contributed by atoms with Crippen molar-refractivity contribution in [2.45, 2.75) is 39.2 Å². The highest BCUT2D eigenvalue weighted by atomic mass is 16.3. The fraction of sp³-hybridized carbons (Fsp3) is 0.368. The number of anilines is 1. The molecule has 0 spiro atoms. The maximum Gasteiger partial charge on any atom is 0.264 e. The molecule has 1 aromatic carbocycles. The minimum absolute atomic E-state index is 0.287. The number of benzene rings is 1. The molecule has 1 amide bonds. The standard InChI is InChI=1S/C19H21NO4/c1-4-9-20-15-8-6-5-7-14(15)19(23,18(20)22)10-16(21)17-12(2)11-24-13(17)3/h5-8,11,23H,4,9-10H2,1-3H3/t19-/m0/s1. The summed E-state index contributed by atoms with van der Waals surface area (Å²) in [5.74, 6) is -0.217. The van der Waals surface area contributed by atoms with E-state index in [2.05, 4.69) is 0 Å². The second kappa shape index (κ2) is 5.91. The van der Waals surface area contributed by atoms with E-state index in [1.54, 1.807) is 36.9 Å². The highest BCUT2D eigenvalue weighted by molar-refractivity contribution is 6.11. The molecule has 1 aliphatic heterocycles. The van der Waals surface area contributed by atoms with Crippen molar-refractivity contribution in [1.82, 2.24) is 0 Å². The molecule has 5 nitrogen and oxygen atoms in total. The number of aryl methyl sites for hydroxylation is 2. The minimum Gasteiger partial charge on any atom is -0.469 e. The molecule has 0 radical (unpaired) electrons. The fourth-order valence-electron chi connectivity index (χ4n) is 3.43. The van der Waals surface area contributed by atoms with Crippen LogP contribution >= 0.6 is 0 Å². The summed E-state index contributed by atoms with van der Waals surface area (Å²) in [6.45, 7) is 5.96. The van der Waals surface area contributed by atoms with Crippen LogP contribution in [0.2, 0.25) is 0 Å². The van der Waals surface area contributed by atoms with Gasteiger partial charge in [-0.15, -0.1) is 0 Å². The fourth-order valence-corrected chi connectivity index (χ4v) is 3.43. The number of hydrogen-bond acceptors (Lipinski definition) is 4. The molecule has 1 atom stereocenters. The van der Waals surface area contributed by atoms with Gasteiger partial charge in [-0.2, -0.15) is 0 Å². The van der Waals surface area contributed by atoms with E-state index < -0.39 is 11.5 Å². The highest BCUT2D eigenvalue weighted by Gasteiger charge is 2.50. The maximum absolute atomic E-state index is 12.8. The van der Waals surface area contributed by atoms with Crippen LogP contribution in [0, 0.1) is 13.8 Å². The predicted octanol–water partition coefficient (Wildman–Crippen LogP) is 3.11. The summed E-state index contributed by atoms with van der Waals surface area (Å²) in [5, 5.41) is 11.1. The quantitative estimate of drug-likeness (QED) is 0.857. The van der Waals surface area contributed by atoms with Gasteiger partial charge in [-0.05, 0) is 31.9 Å². The molecule has 2 heterocycles. The number of furan rings is 1. The second-order valence-electron chi connectivity index (χ2n) is 6.28. The zero-order valence-corrected chi connectivity index (χ0v) is 14.1. The SMILES string of the molecule is CCCN1C(=O)[C@](O)(CC(=O)c2c(C)coc2C)c2ccccc21. The van der Waals surface area contributed by atoms with Gasteiger partial charge in [0.05, 0.1) is 23.9 Å². The number of Topliss-reactive ketones (excluding diaryl/α,β-unsaturated/α-hetero) is 1. The molecule has 0 saturated carbocycles. The van der Waals surface area contributed by atoms with E-state index in [0.29, 0.717) is 34.7 Å². The van der Waals surface area contributed by atoms with Crippen molar-refractivity contribution in [3.8, 4) is 0 Å². The normalized spacial score (nSPS) is 19.7. The van der Waals surface area contributed by atoms with E-state index in [4.69, 9.17) is 4.42 Å². The van der Waals surface area contributed by atoms with Crippen LogP contribution in [-0.2, 0) is 10.4 Å². The summed E-state index contributed by atoms with van der Waals surface area (Å²) in [5.41, 5.74) is 0.516.